The van der Waals surface area contributed by atoms with Gasteiger partial charge in [-0.15, -0.1) is 0 Å². The van der Waals surface area contributed by atoms with Crippen LogP contribution in [0.2, 0.25) is 0 Å². The van der Waals surface area contributed by atoms with Crippen LogP contribution in [0.3, 0.4) is 0 Å². The molecule has 47 heavy (non-hydrogen) atoms. The summed E-state index contributed by atoms with van der Waals surface area (Å²) in [5.74, 6) is 1.86. The summed E-state index contributed by atoms with van der Waals surface area (Å²) in [6, 6.07) is 9.27. The van der Waals surface area contributed by atoms with Gasteiger partial charge in [0.25, 0.3) is 0 Å². The number of nitrogens with one attached hydrogen (secondary N) is 3. The van der Waals surface area contributed by atoms with Crippen LogP contribution < -0.4 is 25.6 Å². The van der Waals surface area contributed by atoms with E-state index in [-0.39, 0.29) is 0 Å². The minimum atomic E-state index is 0.312. The van der Waals surface area contributed by atoms with E-state index in [0.717, 1.165) is 65.5 Å². The first-order chi connectivity index (χ1) is 22.8. The predicted octanol–water partition coefficient (Wildman–Crippen LogP) is 5.58. The molecule has 4 aromatic rings. The molecule has 0 bridgehead atoms. The number of hydrogen-bond donors (Lipinski definition) is 3. The fraction of sp³-hybridized carbons (Fsp3) is 0.444. The number of piperazine rings is 1. The van der Waals surface area contributed by atoms with Gasteiger partial charge in [-0.3, -0.25) is 14.9 Å². The van der Waals surface area contributed by atoms with Gasteiger partial charge in [0.2, 0.25) is 5.95 Å². The summed E-state index contributed by atoms with van der Waals surface area (Å²) < 4.78 is 5.89. The molecule has 0 aliphatic carbocycles. The molecule has 0 unspecified atom stereocenters. The van der Waals surface area contributed by atoms with Crippen LogP contribution in [0.1, 0.15) is 43.4 Å². The number of likely N-dealkylation sites (N-methyl/N-ethyl adjacent to an activating group) is 1. The zero-order valence-corrected chi connectivity index (χ0v) is 28.4. The number of fused-ring (bicyclic) bond motifs is 1. The molecule has 6 rings (SSSR count). The third kappa shape index (κ3) is 7.48. The van der Waals surface area contributed by atoms with Crippen molar-refractivity contribution >= 4 is 45.9 Å². The van der Waals surface area contributed by atoms with Crippen molar-refractivity contribution in [3.8, 4) is 5.75 Å². The quantitative estimate of drug-likeness (QED) is 0.192. The molecule has 0 spiro atoms. The van der Waals surface area contributed by atoms with Crippen LogP contribution in [0.5, 0.6) is 5.75 Å². The Morgan fingerprint density at radius 1 is 0.979 bits per heavy atom. The Bertz CT molecular complexity index is 1690. The van der Waals surface area contributed by atoms with Gasteiger partial charge in [0, 0.05) is 105 Å². The van der Waals surface area contributed by atoms with Crippen LogP contribution >= 0.6 is 0 Å². The molecule has 2 aromatic heterocycles. The van der Waals surface area contributed by atoms with Crippen molar-refractivity contribution in [3.05, 3.63) is 66.1 Å². The molecule has 2 saturated heterocycles. The molecule has 2 aliphatic rings. The van der Waals surface area contributed by atoms with E-state index in [4.69, 9.17) is 9.72 Å². The maximum absolute atomic E-state index is 5.89. The lowest BCUT2D eigenvalue weighted by Gasteiger charge is -2.43. The highest BCUT2D eigenvalue weighted by Gasteiger charge is 2.28. The SMILES string of the molecule is C=Cc1cnc(Nc2cc(C)c(N3CCC(N4CCN(C)CC4)CC3)cc2OC)nc1Nc1ccc2nccnc2c1CNC(C)C. The molecule has 0 saturated carbocycles. The van der Waals surface area contributed by atoms with Crippen molar-refractivity contribution in [2.45, 2.75) is 52.2 Å². The van der Waals surface area contributed by atoms with Crippen molar-refractivity contribution < 1.29 is 4.74 Å². The second-order valence-electron chi connectivity index (χ2n) is 12.9. The Labute approximate surface area is 278 Å². The van der Waals surface area contributed by atoms with Crippen molar-refractivity contribution in [2.75, 3.05) is 69.0 Å². The monoisotopic (exact) mass is 636 g/mol. The van der Waals surface area contributed by atoms with E-state index in [0.29, 0.717) is 30.4 Å². The first kappa shape index (κ1) is 32.6. The summed E-state index contributed by atoms with van der Waals surface area (Å²) in [5.41, 5.74) is 7.63. The fourth-order valence-corrected chi connectivity index (χ4v) is 6.59. The Balaban J connectivity index is 1.21. The molecule has 0 radical (unpaired) electrons. The second kappa shape index (κ2) is 14.6. The van der Waals surface area contributed by atoms with Crippen LogP contribution in [-0.4, -0.2) is 95.2 Å². The van der Waals surface area contributed by atoms with E-state index in [1.807, 2.05) is 12.1 Å². The first-order valence-electron chi connectivity index (χ1n) is 16.7. The number of aromatic nitrogens is 4. The lowest BCUT2D eigenvalue weighted by atomic mass is 10.0. The van der Waals surface area contributed by atoms with Gasteiger partial charge in [0.05, 0.1) is 23.8 Å². The number of benzene rings is 2. The third-order valence-corrected chi connectivity index (χ3v) is 9.35. The number of nitrogens with zero attached hydrogens (tertiary/aromatic N) is 7. The largest absolute Gasteiger partial charge is 0.494 e. The fourth-order valence-electron chi connectivity index (χ4n) is 6.59. The maximum Gasteiger partial charge on any atom is 0.229 e. The summed E-state index contributed by atoms with van der Waals surface area (Å²) in [4.78, 5) is 26.3. The molecule has 11 heteroatoms. The highest BCUT2D eigenvalue weighted by molar-refractivity contribution is 5.85. The van der Waals surface area contributed by atoms with Crippen LogP contribution in [0.15, 0.2) is 49.4 Å². The number of anilines is 5. The molecule has 0 amide bonds. The van der Waals surface area contributed by atoms with E-state index in [2.05, 4.69) is 92.1 Å². The van der Waals surface area contributed by atoms with Crippen molar-refractivity contribution in [3.63, 3.8) is 0 Å². The van der Waals surface area contributed by atoms with E-state index >= 15 is 0 Å². The number of hydrogen-bond acceptors (Lipinski definition) is 11. The Morgan fingerprint density at radius 3 is 2.47 bits per heavy atom. The van der Waals surface area contributed by atoms with E-state index in [1.165, 1.54) is 37.2 Å². The van der Waals surface area contributed by atoms with Gasteiger partial charge in [-0.25, -0.2) is 4.98 Å². The predicted molar refractivity (Wildman–Crippen MR) is 192 cm³/mol. The van der Waals surface area contributed by atoms with Crippen LogP contribution in [0.25, 0.3) is 17.1 Å². The van der Waals surface area contributed by atoms with Gasteiger partial charge in [-0.1, -0.05) is 26.5 Å². The zero-order chi connectivity index (χ0) is 32.9. The van der Waals surface area contributed by atoms with Gasteiger partial charge in [-0.2, -0.15) is 4.98 Å². The Kier molecular flexibility index (Phi) is 10.1. The van der Waals surface area contributed by atoms with Crippen LogP contribution in [0.4, 0.5) is 28.8 Å². The normalized spacial score (nSPS) is 16.5. The van der Waals surface area contributed by atoms with Gasteiger partial charge in [0.1, 0.15) is 11.6 Å². The third-order valence-electron chi connectivity index (χ3n) is 9.35. The molecule has 2 aromatic carbocycles. The molecule has 2 fully saturated rings. The Hall–Kier alpha value is -4.32. The number of ether oxygens (including phenoxy) is 1. The highest BCUT2D eigenvalue weighted by atomic mass is 16.5. The zero-order valence-electron chi connectivity index (χ0n) is 28.4. The summed E-state index contributed by atoms with van der Waals surface area (Å²) in [6.07, 6.45) is 9.34. The van der Waals surface area contributed by atoms with Gasteiger partial charge in [-0.05, 0) is 50.6 Å². The summed E-state index contributed by atoms with van der Waals surface area (Å²) in [5, 5.41) is 10.5. The molecule has 11 nitrogen and oxygen atoms in total. The number of methoxy groups -OCH3 is 1. The molecule has 3 N–H and O–H groups in total. The molecular formula is C36H48N10O. The summed E-state index contributed by atoms with van der Waals surface area (Å²) >= 11 is 0. The number of rotatable bonds is 11. The topological polar surface area (TPSA) is 107 Å². The summed E-state index contributed by atoms with van der Waals surface area (Å²) in [6.45, 7) is 17.8. The van der Waals surface area contributed by atoms with Gasteiger partial charge < -0.3 is 30.5 Å². The molecule has 248 valence electrons. The summed E-state index contributed by atoms with van der Waals surface area (Å²) in [7, 11) is 3.93. The average Bonchev–Trinajstić information content (AvgIpc) is 3.08. The van der Waals surface area contributed by atoms with Crippen molar-refractivity contribution in [2.24, 2.45) is 0 Å². The number of piperidine rings is 1. The maximum atomic E-state index is 5.89. The standard InChI is InChI=1S/C36H48N10O/c1-7-26-22-40-36(43-35(26)41-29-8-9-30-34(38-13-12-37-30)28(29)23-39-24(2)3)42-31-20-25(4)32(21-33(31)47-6)46-14-10-27(11-15-46)45-18-16-44(5)17-19-45/h7-9,12-13,20-22,24,27,39H,1,10-11,14-19,23H2,2-6H3,(H2,40,41,42,43). The average molecular weight is 637 g/mol. The van der Waals surface area contributed by atoms with Crippen LogP contribution in [-0.2, 0) is 6.54 Å². The molecule has 0 atom stereocenters. The van der Waals surface area contributed by atoms with Crippen LogP contribution in [0, 0.1) is 6.92 Å². The van der Waals surface area contributed by atoms with Crippen molar-refractivity contribution in [1.29, 1.82) is 0 Å². The minimum absolute atomic E-state index is 0.312. The van der Waals surface area contributed by atoms with E-state index in [9.17, 15) is 0 Å². The molecule has 2 aliphatic heterocycles. The molecule has 4 heterocycles. The smallest absolute Gasteiger partial charge is 0.229 e. The number of aryl methyl sites for hydroxylation is 1. The first-order valence-corrected chi connectivity index (χ1v) is 16.7. The Morgan fingerprint density at radius 2 is 1.74 bits per heavy atom. The minimum Gasteiger partial charge on any atom is -0.494 e. The lowest BCUT2D eigenvalue weighted by Crippen LogP contribution is -2.52. The lowest BCUT2D eigenvalue weighted by molar-refractivity contribution is 0.0982. The van der Waals surface area contributed by atoms with E-state index in [1.54, 1.807) is 31.8 Å². The second-order valence-corrected chi connectivity index (χ2v) is 12.9. The molecular weight excluding hydrogens is 588 g/mol. The highest BCUT2D eigenvalue weighted by Crippen LogP contribution is 2.37. The van der Waals surface area contributed by atoms with Gasteiger partial charge in [0.15, 0.2) is 0 Å². The van der Waals surface area contributed by atoms with Crippen molar-refractivity contribution in [1.82, 2.24) is 35.1 Å². The van der Waals surface area contributed by atoms with Gasteiger partial charge >= 0.3 is 0 Å². The van der Waals surface area contributed by atoms with E-state index < -0.39 is 0 Å².